The number of carbonyl (C=O) groups excluding carboxylic acids is 1. The number of benzene rings is 1. The molecule has 3 heterocycles. The molecular weight excluding hydrogens is 351 g/mol. The first kappa shape index (κ1) is 17.3. The number of rotatable bonds is 3. The summed E-state index contributed by atoms with van der Waals surface area (Å²) in [6, 6.07) is 5.78. The summed E-state index contributed by atoms with van der Waals surface area (Å²) in [4.78, 5) is 31.2. The average molecular weight is 370 g/mol. The van der Waals surface area contributed by atoms with Crippen LogP contribution in [0.5, 0.6) is 0 Å². The van der Waals surface area contributed by atoms with Gasteiger partial charge < -0.3 is 4.90 Å². The topological polar surface area (TPSA) is 85.9 Å². The largest absolute Gasteiger partial charge is 0.341 e. The summed E-state index contributed by atoms with van der Waals surface area (Å²) in [5.41, 5.74) is 0.241. The van der Waals surface area contributed by atoms with Crippen molar-refractivity contribution in [3.63, 3.8) is 0 Å². The lowest BCUT2D eigenvalue weighted by molar-refractivity contribution is -0.133. The van der Waals surface area contributed by atoms with Crippen LogP contribution in [0, 0.1) is 11.7 Å². The van der Waals surface area contributed by atoms with Gasteiger partial charge in [-0.15, -0.1) is 5.10 Å². The third-order valence-corrected chi connectivity index (χ3v) is 4.92. The molecule has 2 aromatic heterocycles. The Bertz CT molecular complexity index is 1050. The first-order valence-electron chi connectivity index (χ1n) is 8.87. The zero-order chi connectivity index (χ0) is 19.0. The van der Waals surface area contributed by atoms with E-state index in [9.17, 15) is 14.0 Å². The molecule has 9 heteroatoms. The van der Waals surface area contributed by atoms with Crippen molar-refractivity contribution < 1.29 is 9.18 Å². The van der Waals surface area contributed by atoms with Gasteiger partial charge in [0.25, 0.3) is 5.56 Å². The molecule has 0 atom stereocenters. The number of halogens is 1. The van der Waals surface area contributed by atoms with E-state index in [-0.39, 0.29) is 23.6 Å². The zero-order valence-electron chi connectivity index (χ0n) is 14.9. The van der Waals surface area contributed by atoms with Crippen molar-refractivity contribution in [2.45, 2.75) is 26.3 Å². The highest BCUT2D eigenvalue weighted by Crippen LogP contribution is 2.16. The minimum atomic E-state index is -0.443. The van der Waals surface area contributed by atoms with Crippen molar-refractivity contribution in [3.8, 4) is 5.69 Å². The molecule has 0 unspecified atom stereocenters. The summed E-state index contributed by atoms with van der Waals surface area (Å²) in [6.07, 6.45) is 3.26. The summed E-state index contributed by atoms with van der Waals surface area (Å²) in [7, 11) is 0. The van der Waals surface area contributed by atoms with Gasteiger partial charge >= 0.3 is 0 Å². The van der Waals surface area contributed by atoms with Crippen molar-refractivity contribution in [1.82, 2.24) is 29.4 Å². The third kappa shape index (κ3) is 3.32. The van der Waals surface area contributed by atoms with Crippen LogP contribution < -0.4 is 5.56 Å². The Kier molecular flexibility index (Phi) is 4.43. The molecule has 0 saturated carbocycles. The monoisotopic (exact) mass is 370 g/mol. The second-order valence-electron chi connectivity index (χ2n) is 6.89. The van der Waals surface area contributed by atoms with Crippen molar-refractivity contribution in [2.24, 2.45) is 5.92 Å². The summed E-state index contributed by atoms with van der Waals surface area (Å²) in [5.74, 6) is 0.0845. The van der Waals surface area contributed by atoms with Gasteiger partial charge in [-0.2, -0.15) is 4.68 Å². The van der Waals surface area contributed by atoms with Gasteiger partial charge in [0.2, 0.25) is 5.91 Å². The molecule has 1 aromatic carbocycles. The van der Waals surface area contributed by atoms with Crippen LogP contribution in [0.3, 0.4) is 0 Å². The Balaban J connectivity index is 1.62. The summed E-state index contributed by atoms with van der Waals surface area (Å²) in [6.45, 7) is 3.51. The molecule has 0 radical (unpaired) electrons. The Morgan fingerprint density at radius 1 is 1.30 bits per heavy atom. The van der Waals surface area contributed by atoms with E-state index < -0.39 is 11.4 Å². The van der Waals surface area contributed by atoms with Crippen LogP contribution in [0.2, 0.25) is 0 Å². The molecule has 1 aliphatic heterocycles. The summed E-state index contributed by atoms with van der Waals surface area (Å²) < 4.78 is 16.0. The summed E-state index contributed by atoms with van der Waals surface area (Å²) in [5, 5.41) is 7.80. The maximum absolute atomic E-state index is 13.5. The summed E-state index contributed by atoms with van der Waals surface area (Å²) >= 11 is 0. The van der Waals surface area contributed by atoms with E-state index in [0.29, 0.717) is 24.7 Å². The lowest BCUT2D eigenvalue weighted by atomic mass is 9.99. The zero-order valence-corrected chi connectivity index (χ0v) is 14.9. The lowest BCUT2D eigenvalue weighted by Gasteiger charge is -2.30. The number of hydrogen-bond acceptors (Lipinski definition) is 5. The standard InChI is InChI=1S/C18H19FN6O2/c1-12-5-7-23(8-6-12)15(26)10-24-11-20-17-16(18(24)27)21-22-25(17)14-4-2-3-13(19)9-14/h2-4,9,11-12H,5-8,10H2,1H3. The van der Waals surface area contributed by atoms with E-state index in [0.717, 1.165) is 12.8 Å². The van der Waals surface area contributed by atoms with Crippen LogP contribution in [0.15, 0.2) is 35.4 Å². The van der Waals surface area contributed by atoms with E-state index in [1.165, 1.54) is 33.8 Å². The number of piperidine rings is 1. The van der Waals surface area contributed by atoms with E-state index >= 15 is 0 Å². The number of fused-ring (bicyclic) bond motifs is 1. The highest BCUT2D eigenvalue weighted by molar-refractivity contribution is 5.77. The Labute approximate surface area is 154 Å². The fourth-order valence-electron chi connectivity index (χ4n) is 3.24. The second kappa shape index (κ2) is 6.90. The smallest absolute Gasteiger partial charge is 0.284 e. The molecule has 0 spiro atoms. The highest BCUT2D eigenvalue weighted by atomic mass is 19.1. The van der Waals surface area contributed by atoms with Gasteiger partial charge in [0.05, 0.1) is 5.69 Å². The number of carbonyl (C=O) groups is 1. The molecule has 4 rings (SSSR count). The first-order valence-corrected chi connectivity index (χ1v) is 8.87. The molecular formula is C18H19FN6O2. The molecule has 140 valence electrons. The molecule has 1 aliphatic rings. The fraction of sp³-hybridized carbons (Fsp3) is 0.389. The number of nitrogens with zero attached hydrogens (tertiary/aromatic N) is 6. The molecule has 1 amide bonds. The number of likely N-dealkylation sites (tertiary alicyclic amines) is 1. The van der Waals surface area contributed by atoms with Crippen LogP contribution >= 0.6 is 0 Å². The van der Waals surface area contributed by atoms with Crippen molar-refractivity contribution in [3.05, 3.63) is 46.8 Å². The van der Waals surface area contributed by atoms with E-state index in [1.807, 2.05) is 0 Å². The predicted octanol–water partition coefficient (Wildman–Crippen LogP) is 1.37. The Morgan fingerprint density at radius 3 is 2.81 bits per heavy atom. The number of aromatic nitrogens is 5. The van der Waals surface area contributed by atoms with Crippen LogP contribution in [-0.4, -0.2) is 48.4 Å². The van der Waals surface area contributed by atoms with Crippen molar-refractivity contribution >= 4 is 17.1 Å². The maximum atomic E-state index is 13.5. The van der Waals surface area contributed by atoms with Crippen LogP contribution in [0.4, 0.5) is 4.39 Å². The molecule has 3 aromatic rings. The number of amides is 1. The minimum absolute atomic E-state index is 0.0434. The third-order valence-electron chi connectivity index (χ3n) is 4.92. The quantitative estimate of drug-likeness (QED) is 0.695. The van der Waals surface area contributed by atoms with E-state index in [2.05, 4.69) is 22.2 Å². The Morgan fingerprint density at radius 2 is 2.07 bits per heavy atom. The highest BCUT2D eigenvalue weighted by Gasteiger charge is 2.22. The maximum Gasteiger partial charge on any atom is 0.284 e. The molecule has 0 N–H and O–H groups in total. The second-order valence-corrected chi connectivity index (χ2v) is 6.89. The van der Waals surface area contributed by atoms with Gasteiger partial charge in [-0.3, -0.25) is 14.2 Å². The van der Waals surface area contributed by atoms with Gasteiger partial charge in [-0.1, -0.05) is 18.2 Å². The predicted molar refractivity (Wildman–Crippen MR) is 95.9 cm³/mol. The van der Waals surface area contributed by atoms with Crippen LogP contribution in [0.25, 0.3) is 16.9 Å². The van der Waals surface area contributed by atoms with Crippen LogP contribution in [0.1, 0.15) is 19.8 Å². The molecule has 1 saturated heterocycles. The molecule has 1 fully saturated rings. The fourth-order valence-corrected chi connectivity index (χ4v) is 3.24. The lowest BCUT2D eigenvalue weighted by Crippen LogP contribution is -2.41. The van der Waals surface area contributed by atoms with Crippen molar-refractivity contribution in [2.75, 3.05) is 13.1 Å². The van der Waals surface area contributed by atoms with Crippen LogP contribution in [-0.2, 0) is 11.3 Å². The van der Waals surface area contributed by atoms with Gasteiger partial charge in [-0.25, -0.2) is 9.37 Å². The normalized spacial score (nSPS) is 15.4. The van der Waals surface area contributed by atoms with E-state index in [1.54, 1.807) is 11.0 Å². The Hall–Kier alpha value is -3.10. The van der Waals surface area contributed by atoms with E-state index in [4.69, 9.17) is 0 Å². The molecule has 27 heavy (non-hydrogen) atoms. The average Bonchev–Trinajstić information content (AvgIpc) is 3.09. The van der Waals surface area contributed by atoms with Gasteiger partial charge in [-0.05, 0) is 37.0 Å². The van der Waals surface area contributed by atoms with Gasteiger partial charge in [0, 0.05) is 13.1 Å². The molecule has 8 nitrogen and oxygen atoms in total. The molecule has 0 aliphatic carbocycles. The molecule has 0 bridgehead atoms. The minimum Gasteiger partial charge on any atom is -0.341 e. The van der Waals surface area contributed by atoms with Gasteiger partial charge in [0.15, 0.2) is 11.2 Å². The van der Waals surface area contributed by atoms with Gasteiger partial charge in [0.1, 0.15) is 18.7 Å². The number of hydrogen-bond donors (Lipinski definition) is 0. The SMILES string of the molecule is CC1CCN(C(=O)Cn2cnc3c(nnn3-c3cccc(F)c3)c2=O)CC1. The van der Waals surface area contributed by atoms with Crippen molar-refractivity contribution in [1.29, 1.82) is 0 Å². The first-order chi connectivity index (χ1) is 13.0.